The van der Waals surface area contributed by atoms with Crippen LogP contribution in [-0.2, 0) is 4.79 Å². The number of aliphatic carboxylic acids is 1. The zero-order chi connectivity index (χ0) is 13.1. The van der Waals surface area contributed by atoms with Gasteiger partial charge < -0.3 is 5.11 Å². The summed E-state index contributed by atoms with van der Waals surface area (Å²) in [6.07, 6.45) is 2.80. The summed E-state index contributed by atoms with van der Waals surface area (Å²) in [5, 5.41) is 9.18. The third-order valence-electron chi connectivity index (χ3n) is 2.53. The zero-order valence-electron chi connectivity index (χ0n) is 9.18. The Morgan fingerprint density at radius 1 is 1.28 bits per heavy atom. The molecule has 0 bridgehead atoms. The van der Waals surface area contributed by atoms with Gasteiger partial charge in [-0.1, -0.05) is 6.07 Å². The lowest BCUT2D eigenvalue weighted by atomic mass is 9.92. The van der Waals surface area contributed by atoms with Gasteiger partial charge in [0.25, 0.3) is 0 Å². The van der Waals surface area contributed by atoms with Crippen molar-refractivity contribution in [1.82, 2.24) is 4.98 Å². The Labute approximate surface area is 102 Å². The summed E-state index contributed by atoms with van der Waals surface area (Å²) in [4.78, 5) is 15.0. The van der Waals surface area contributed by atoms with Crippen molar-refractivity contribution in [3.05, 3.63) is 65.5 Å². The van der Waals surface area contributed by atoms with E-state index in [2.05, 4.69) is 4.98 Å². The highest BCUT2D eigenvalue weighted by Crippen LogP contribution is 2.27. The Balaban J connectivity index is 2.55. The van der Waals surface area contributed by atoms with Crippen molar-refractivity contribution in [2.75, 3.05) is 0 Å². The van der Waals surface area contributed by atoms with Crippen LogP contribution in [0, 0.1) is 11.6 Å². The molecule has 0 saturated carbocycles. The van der Waals surface area contributed by atoms with Crippen molar-refractivity contribution >= 4 is 5.97 Å². The molecule has 0 amide bonds. The summed E-state index contributed by atoms with van der Waals surface area (Å²) in [5.74, 6) is -3.96. The van der Waals surface area contributed by atoms with Gasteiger partial charge in [-0.05, 0) is 29.8 Å². The third-order valence-corrected chi connectivity index (χ3v) is 2.53. The van der Waals surface area contributed by atoms with Gasteiger partial charge >= 0.3 is 5.97 Å². The molecular weight excluding hydrogens is 240 g/mol. The fourth-order valence-electron chi connectivity index (χ4n) is 1.74. The molecular formula is C13H9F2NO2. The van der Waals surface area contributed by atoms with Crippen molar-refractivity contribution in [3.63, 3.8) is 0 Å². The minimum Gasteiger partial charge on any atom is -0.481 e. The predicted octanol–water partition coefficient (Wildman–Crippen LogP) is 2.58. The van der Waals surface area contributed by atoms with Gasteiger partial charge in [0.05, 0.1) is 0 Å². The molecule has 0 aliphatic rings. The molecule has 1 atom stereocenters. The lowest BCUT2D eigenvalue weighted by Gasteiger charge is -2.13. The first-order valence-electron chi connectivity index (χ1n) is 5.17. The van der Waals surface area contributed by atoms with Gasteiger partial charge in [0, 0.05) is 18.0 Å². The number of benzene rings is 1. The number of carboxylic acid groups (broad SMARTS) is 1. The van der Waals surface area contributed by atoms with Crippen LogP contribution in [0.1, 0.15) is 17.0 Å². The summed E-state index contributed by atoms with van der Waals surface area (Å²) >= 11 is 0. The first kappa shape index (κ1) is 12.2. The number of carboxylic acids is 1. The standard InChI is InChI=1S/C13H9F2NO2/c14-9-3-4-11(15)10(6-9)12(13(17)18)8-2-1-5-16-7-8/h1-7,12H,(H,17,18). The average Bonchev–Trinajstić information content (AvgIpc) is 2.35. The lowest BCUT2D eigenvalue weighted by Crippen LogP contribution is -2.15. The molecule has 1 N–H and O–H groups in total. The van der Waals surface area contributed by atoms with Gasteiger partial charge in [-0.2, -0.15) is 0 Å². The normalized spacial score (nSPS) is 12.1. The monoisotopic (exact) mass is 249 g/mol. The van der Waals surface area contributed by atoms with E-state index in [4.69, 9.17) is 0 Å². The molecule has 0 radical (unpaired) electrons. The second kappa shape index (κ2) is 4.91. The Morgan fingerprint density at radius 2 is 2.06 bits per heavy atom. The predicted molar refractivity (Wildman–Crippen MR) is 60.1 cm³/mol. The number of hydrogen-bond donors (Lipinski definition) is 1. The summed E-state index contributed by atoms with van der Waals surface area (Å²) in [5.41, 5.74) is 0.0880. The van der Waals surface area contributed by atoms with Gasteiger partial charge in [0.2, 0.25) is 0 Å². The molecule has 1 aromatic carbocycles. The summed E-state index contributed by atoms with van der Waals surface area (Å²) < 4.78 is 26.7. The molecule has 0 saturated heterocycles. The minimum atomic E-state index is -1.27. The van der Waals surface area contributed by atoms with E-state index < -0.39 is 23.5 Å². The van der Waals surface area contributed by atoms with Gasteiger partial charge in [0.15, 0.2) is 0 Å². The van der Waals surface area contributed by atoms with Gasteiger partial charge in [-0.25, -0.2) is 8.78 Å². The topological polar surface area (TPSA) is 50.2 Å². The van der Waals surface area contributed by atoms with Gasteiger partial charge in [-0.15, -0.1) is 0 Å². The lowest BCUT2D eigenvalue weighted by molar-refractivity contribution is -0.137. The Kier molecular flexibility index (Phi) is 3.32. The van der Waals surface area contributed by atoms with E-state index in [0.29, 0.717) is 5.56 Å². The number of nitrogens with zero attached hydrogens (tertiary/aromatic N) is 1. The Bertz CT molecular complexity index is 572. The highest BCUT2D eigenvalue weighted by molar-refractivity contribution is 5.80. The van der Waals surface area contributed by atoms with Crippen molar-refractivity contribution in [2.24, 2.45) is 0 Å². The largest absolute Gasteiger partial charge is 0.481 e. The van der Waals surface area contributed by atoms with Crippen LogP contribution in [0.25, 0.3) is 0 Å². The van der Waals surface area contributed by atoms with E-state index >= 15 is 0 Å². The number of hydrogen-bond acceptors (Lipinski definition) is 2. The van der Waals surface area contributed by atoms with Crippen molar-refractivity contribution in [3.8, 4) is 0 Å². The second-order valence-electron chi connectivity index (χ2n) is 3.72. The van der Waals surface area contributed by atoms with E-state index in [9.17, 15) is 18.7 Å². The van der Waals surface area contributed by atoms with Gasteiger partial charge in [-0.3, -0.25) is 9.78 Å². The van der Waals surface area contributed by atoms with E-state index in [0.717, 1.165) is 18.2 Å². The molecule has 1 heterocycles. The molecule has 0 aliphatic carbocycles. The van der Waals surface area contributed by atoms with Gasteiger partial charge in [0.1, 0.15) is 17.6 Å². The molecule has 0 spiro atoms. The first-order valence-corrected chi connectivity index (χ1v) is 5.17. The van der Waals surface area contributed by atoms with Crippen LogP contribution in [-0.4, -0.2) is 16.1 Å². The Morgan fingerprint density at radius 3 is 2.67 bits per heavy atom. The molecule has 5 heteroatoms. The SMILES string of the molecule is O=C(O)C(c1cccnc1)c1cc(F)ccc1F. The molecule has 18 heavy (non-hydrogen) atoms. The molecule has 3 nitrogen and oxygen atoms in total. The minimum absolute atomic E-state index is 0.212. The molecule has 2 rings (SSSR count). The average molecular weight is 249 g/mol. The number of carbonyl (C=O) groups is 1. The van der Waals surface area contributed by atoms with E-state index in [-0.39, 0.29) is 5.56 Å². The molecule has 0 aliphatic heterocycles. The van der Waals surface area contributed by atoms with E-state index in [1.165, 1.54) is 18.5 Å². The maximum Gasteiger partial charge on any atom is 0.315 e. The maximum absolute atomic E-state index is 13.6. The van der Waals surface area contributed by atoms with Crippen LogP contribution >= 0.6 is 0 Å². The Hall–Kier alpha value is -2.30. The molecule has 0 fully saturated rings. The fourth-order valence-corrected chi connectivity index (χ4v) is 1.74. The number of aromatic nitrogens is 1. The van der Waals surface area contributed by atoms with Crippen LogP contribution in [0.2, 0.25) is 0 Å². The quantitative estimate of drug-likeness (QED) is 0.909. The summed E-state index contributed by atoms with van der Waals surface area (Å²) in [6, 6.07) is 5.80. The third kappa shape index (κ3) is 2.34. The second-order valence-corrected chi connectivity index (χ2v) is 3.72. The fraction of sp³-hybridized carbons (Fsp3) is 0.0769. The van der Waals surface area contributed by atoms with E-state index in [1.54, 1.807) is 6.07 Å². The molecule has 1 unspecified atom stereocenters. The van der Waals surface area contributed by atoms with Crippen molar-refractivity contribution in [2.45, 2.75) is 5.92 Å². The first-order chi connectivity index (χ1) is 8.59. The van der Waals surface area contributed by atoms with Crippen LogP contribution in [0.5, 0.6) is 0 Å². The van der Waals surface area contributed by atoms with E-state index in [1.807, 2.05) is 0 Å². The van der Waals surface area contributed by atoms with Crippen molar-refractivity contribution < 1.29 is 18.7 Å². The maximum atomic E-state index is 13.6. The molecule has 92 valence electrons. The molecule has 2 aromatic rings. The van der Waals surface area contributed by atoms with Crippen LogP contribution in [0.4, 0.5) is 8.78 Å². The highest BCUT2D eigenvalue weighted by Gasteiger charge is 2.25. The number of halogens is 2. The summed E-state index contributed by atoms with van der Waals surface area (Å²) in [6.45, 7) is 0. The highest BCUT2D eigenvalue weighted by atomic mass is 19.1. The van der Waals surface area contributed by atoms with Crippen molar-refractivity contribution in [1.29, 1.82) is 0 Å². The number of pyridine rings is 1. The van der Waals surface area contributed by atoms with Crippen LogP contribution < -0.4 is 0 Å². The molecule has 1 aromatic heterocycles. The van der Waals surface area contributed by atoms with Crippen LogP contribution in [0.3, 0.4) is 0 Å². The summed E-state index contributed by atoms with van der Waals surface area (Å²) in [7, 11) is 0. The van der Waals surface area contributed by atoms with Crippen LogP contribution in [0.15, 0.2) is 42.7 Å². The smallest absolute Gasteiger partial charge is 0.315 e. The number of rotatable bonds is 3. The zero-order valence-corrected chi connectivity index (χ0v) is 9.18.